The second-order valence-corrected chi connectivity index (χ2v) is 6.65. The van der Waals surface area contributed by atoms with Gasteiger partial charge in [-0.2, -0.15) is 0 Å². The summed E-state index contributed by atoms with van der Waals surface area (Å²) in [7, 11) is 0. The van der Waals surface area contributed by atoms with Gasteiger partial charge < -0.3 is 4.90 Å². The molecule has 2 aliphatic heterocycles. The maximum absolute atomic E-state index is 5.05. The van der Waals surface area contributed by atoms with Gasteiger partial charge in [0.2, 0.25) is 0 Å². The van der Waals surface area contributed by atoms with Gasteiger partial charge in [-0.15, -0.1) is 6.58 Å². The second kappa shape index (κ2) is 7.12. The van der Waals surface area contributed by atoms with Gasteiger partial charge in [0.25, 0.3) is 0 Å². The molecule has 1 fully saturated rings. The Morgan fingerprint density at radius 1 is 1.32 bits per heavy atom. The maximum atomic E-state index is 5.05. The minimum absolute atomic E-state index is 0.547. The van der Waals surface area contributed by atoms with Crippen LogP contribution >= 0.6 is 0 Å². The van der Waals surface area contributed by atoms with Crippen molar-refractivity contribution >= 4 is 5.84 Å². The van der Waals surface area contributed by atoms with Crippen molar-refractivity contribution in [2.24, 2.45) is 16.8 Å². The molecular weight excluding hydrogens is 232 g/mol. The number of aliphatic imine (C=N–C) groups is 1. The number of amidine groups is 1. The molecule has 0 amide bonds. The van der Waals surface area contributed by atoms with Crippen molar-refractivity contribution in [3.63, 3.8) is 0 Å². The van der Waals surface area contributed by atoms with Gasteiger partial charge in [-0.05, 0) is 43.9 Å². The van der Waals surface area contributed by atoms with Crippen molar-refractivity contribution < 1.29 is 0 Å². The normalized spacial score (nSPS) is 25.5. The van der Waals surface area contributed by atoms with Gasteiger partial charge in [-0.1, -0.05) is 26.3 Å². The van der Waals surface area contributed by atoms with Crippen LogP contribution in [0.15, 0.2) is 17.6 Å². The zero-order valence-corrected chi connectivity index (χ0v) is 12.8. The second-order valence-electron chi connectivity index (χ2n) is 6.65. The standard InChI is InChI=1S/C17H30N2/c1-4-15(12-14(2)3)13-16-9-11-19-10-7-5-6-8-17(19)18-16/h4,14-16H,1,5-13H2,2-3H3. The molecule has 2 rings (SSSR count). The highest BCUT2D eigenvalue weighted by Gasteiger charge is 2.24. The molecule has 1 saturated heterocycles. The molecule has 2 heterocycles. The third kappa shape index (κ3) is 4.36. The molecule has 0 radical (unpaired) electrons. The Balaban J connectivity index is 1.94. The van der Waals surface area contributed by atoms with Crippen LogP contribution in [0.1, 0.15) is 58.8 Å². The highest BCUT2D eigenvalue weighted by molar-refractivity contribution is 5.83. The van der Waals surface area contributed by atoms with Gasteiger partial charge >= 0.3 is 0 Å². The quantitative estimate of drug-likeness (QED) is 0.676. The fraction of sp³-hybridized carbons (Fsp3) is 0.824. The third-order valence-electron chi connectivity index (χ3n) is 4.44. The Hall–Kier alpha value is -0.790. The van der Waals surface area contributed by atoms with Crippen LogP contribution in [0.2, 0.25) is 0 Å². The van der Waals surface area contributed by atoms with Crippen molar-refractivity contribution in [3.05, 3.63) is 12.7 Å². The van der Waals surface area contributed by atoms with Crippen molar-refractivity contribution in [2.45, 2.75) is 64.8 Å². The van der Waals surface area contributed by atoms with Crippen molar-refractivity contribution in [1.29, 1.82) is 0 Å². The van der Waals surface area contributed by atoms with E-state index in [1.807, 2.05) is 0 Å². The topological polar surface area (TPSA) is 15.6 Å². The SMILES string of the molecule is C=CC(CC(C)C)CC1CCN2CCCCCC2=N1. The monoisotopic (exact) mass is 262 g/mol. The summed E-state index contributed by atoms with van der Waals surface area (Å²) in [4.78, 5) is 7.59. The lowest BCUT2D eigenvalue weighted by Crippen LogP contribution is -2.38. The minimum atomic E-state index is 0.547. The summed E-state index contributed by atoms with van der Waals surface area (Å²) in [5.74, 6) is 2.81. The number of hydrogen-bond donors (Lipinski definition) is 0. The number of nitrogens with zero attached hydrogens (tertiary/aromatic N) is 2. The van der Waals surface area contributed by atoms with E-state index in [-0.39, 0.29) is 0 Å². The number of fused-ring (bicyclic) bond motifs is 1. The lowest BCUT2D eigenvalue weighted by atomic mass is 9.90. The Morgan fingerprint density at radius 3 is 2.89 bits per heavy atom. The Labute approximate surface area is 119 Å². The predicted octanol–water partition coefficient (Wildman–Crippen LogP) is 4.27. The van der Waals surface area contributed by atoms with Gasteiger partial charge in [0.15, 0.2) is 0 Å². The van der Waals surface area contributed by atoms with Crippen LogP contribution in [0.5, 0.6) is 0 Å². The smallest absolute Gasteiger partial charge is 0.0992 e. The van der Waals surface area contributed by atoms with Gasteiger partial charge in [-0.3, -0.25) is 4.99 Å². The summed E-state index contributed by atoms with van der Waals surface area (Å²) in [5, 5.41) is 0. The first-order valence-electron chi connectivity index (χ1n) is 8.13. The fourth-order valence-electron chi connectivity index (χ4n) is 3.43. The lowest BCUT2D eigenvalue weighted by Gasteiger charge is -2.32. The summed E-state index contributed by atoms with van der Waals surface area (Å²) in [6, 6.07) is 0.547. The molecule has 0 aromatic rings. The summed E-state index contributed by atoms with van der Waals surface area (Å²) < 4.78 is 0. The number of hydrogen-bond acceptors (Lipinski definition) is 2. The molecule has 2 heteroatoms. The van der Waals surface area contributed by atoms with E-state index in [2.05, 4.69) is 31.4 Å². The van der Waals surface area contributed by atoms with Crippen LogP contribution in [0.3, 0.4) is 0 Å². The van der Waals surface area contributed by atoms with Crippen LogP contribution in [0, 0.1) is 11.8 Å². The van der Waals surface area contributed by atoms with E-state index >= 15 is 0 Å². The molecule has 0 N–H and O–H groups in total. The van der Waals surface area contributed by atoms with Crippen LogP contribution < -0.4 is 0 Å². The van der Waals surface area contributed by atoms with Gasteiger partial charge in [0.1, 0.15) is 0 Å². The molecule has 0 bridgehead atoms. The Kier molecular flexibility index (Phi) is 5.47. The molecule has 0 saturated carbocycles. The summed E-state index contributed by atoms with van der Waals surface area (Å²) >= 11 is 0. The first-order chi connectivity index (χ1) is 9.19. The van der Waals surface area contributed by atoms with E-state index < -0.39 is 0 Å². The van der Waals surface area contributed by atoms with Gasteiger partial charge in [0, 0.05) is 19.5 Å². The molecule has 0 spiro atoms. The first-order valence-corrected chi connectivity index (χ1v) is 8.13. The van der Waals surface area contributed by atoms with E-state index in [4.69, 9.17) is 4.99 Å². The average molecular weight is 262 g/mol. The van der Waals surface area contributed by atoms with Crippen LogP contribution in [0.4, 0.5) is 0 Å². The molecule has 0 aromatic carbocycles. The summed E-state index contributed by atoms with van der Waals surface area (Å²) in [6.07, 6.45) is 11.1. The van der Waals surface area contributed by atoms with Crippen LogP contribution in [0.25, 0.3) is 0 Å². The van der Waals surface area contributed by atoms with Gasteiger partial charge in [0.05, 0.1) is 11.9 Å². The minimum Gasteiger partial charge on any atom is -0.360 e. The fourth-order valence-corrected chi connectivity index (χ4v) is 3.43. The maximum Gasteiger partial charge on any atom is 0.0992 e. The van der Waals surface area contributed by atoms with E-state index in [1.54, 1.807) is 0 Å². The van der Waals surface area contributed by atoms with Crippen molar-refractivity contribution in [3.8, 4) is 0 Å². The Bertz CT molecular complexity index is 319. The molecule has 2 aliphatic rings. The highest BCUT2D eigenvalue weighted by Crippen LogP contribution is 2.25. The average Bonchev–Trinajstić information content (AvgIpc) is 2.62. The lowest BCUT2D eigenvalue weighted by molar-refractivity contribution is 0.330. The van der Waals surface area contributed by atoms with Crippen LogP contribution in [-0.4, -0.2) is 29.9 Å². The largest absolute Gasteiger partial charge is 0.360 e. The predicted molar refractivity (Wildman–Crippen MR) is 83.6 cm³/mol. The van der Waals surface area contributed by atoms with Crippen molar-refractivity contribution in [1.82, 2.24) is 4.90 Å². The molecular formula is C17H30N2. The Morgan fingerprint density at radius 2 is 2.16 bits per heavy atom. The summed E-state index contributed by atoms with van der Waals surface area (Å²) in [5.41, 5.74) is 0. The van der Waals surface area contributed by atoms with E-state index in [1.165, 1.54) is 63.9 Å². The number of rotatable bonds is 5. The molecule has 19 heavy (non-hydrogen) atoms. The van der Waals surface area contributed by atoms with E-state index in [0.29, 0.717) is 12.0 Å². The van der Waals surface area contributed by atoms with Gasteiger partial charge in [-0.25, -0.2) is 0 Å². The number of allylic oxidation sites excluding steroid dienone is 1. The molecule has 2 nitrogen and oxygen atoms in total. The zero-order valence-electron chi connectivity index (χ0n) is 12.8. The molecule has 2 unspecified atom stereocenters. The zero-order chi connectivity index (χ0) is 13.7. The van der Waals surface area contributed by atoms with Crippen molar-refractivity contribution in [2.75, 3.05) is 13.1 Å². The molecule has 0 aliphatic carbocycles. The molecule has 2 atom stereocenters. The third-order valence-corrected chi connectivity index (χ3v) is 4.44. The first kappa shape index (κ1) is 14.6. The van der Waals surface area contributed by atoms with Crippen LogP contribution in [-0.2, 0) is 0 Å². The summed E-state index contributed by atoms with van der Waals surface area (Å²) in [6.45, 7) is 11.1. The molecule has 108 valence electrons. The van der Waals surface area contributed by atoms with E-state index in [9.17, 15) is 0 Å². The molecule has 0 aromatic heterocycles. The highest BCUT2D eigenvalue weighted by atomic mass is 15.2. The van der Waals surface area contributed by atoms with E-state index in [0.717, 1.165) is 5.92 Å².